The van der Waals surface area contributed by atoms with E-state index >= 15 is 0 Å². The summed E-state index contributed by atoms with van der Waals surface area (Å²) in [6.45, 7) is 0. The molecule has 0 rings (SSSR count). The van der Waals surface area contributed by atoms with E-state index in [0.29, 0.717) is 6.29 Å². The van der Waals surface area contributed by atoms with Gasteiger partial charge < -0.3 is 19.4 Å². The van der Waals surface area contributed by atoms with Crippen LogP contribution in [0.4, 0.5) is 0 Å². The molecule has 0 unspecified atom stereocenters. The summed E-state index contributed by atoms with van der Waals surface area (Å²) in [5.41, 5.74) is 0. The molecule has 0 aliphatic rings. The lowest BCUT2D eigenvalue weighted by atomic mass is 10.3. The number of carbonyl (C=O) groups excluding carboxylic acids is 1. The fourth-order valence-electron chi connectivity index (χ4n) is 0.620. The molecule has 0 amide bonds. The van der Waals surface area contributed by atoms with Crippen LogP contribution < -0.4 is 0 Å². The van der Waals surface area contributed by atoms with Crippen LogP contribution in [0, 0.1) is 0 Å². The standard InChI is InChI=1S/C6H12O4/c1-9-6(10-2)5(8)3-4-7/h4-6,8H,3H2,1-2H3/t5-/m0/s1. The number of aliphatic hydroxyl groups is 1. The minimum atomic E-state index is -0.868. The van der Waals surface area contributed by atoms with Crippen molar-refractivity contribution in [3.05, 3.63) is 0 Å². The summed E-state index contributed by atoms with van der Waals surface area (Å²) in [5.74, 6) is 0. The maximum absolute atomic E-state index is 9.88. The predicted molar refractivity (Wildman–Crippen MR) is 34.5 cm³/mol. The number of methoxy groups -OCH3 is 2. The Morgan fingerprint density at radius 1 is 1.50 bits per heavy atom. The van der Waals surface area contributed by atoms with Crippen LogP contribution >= 0.6 is 0 Å². The minimum Gasteiger partial charge on any atom is -0.387 e. The molecule has 0 aromatic rings. The first-order valence-electron chi connectivity index (χ1n) is 2.93. The molecule has 4 heteroatoms. The smallest absolute Gasteiger partial charge is 0.183 e. The van der Waals surface area contributed by atoms with Crippen LogP contribution in [0.25, 0.3) is 0 Å². The van der Waals surface area contributed by atoms with Crippen LogP contribution in [0.1, 0.15) is 6.42 Å². The fourth-order valence-corrected chi connectivity index (χ4v) is 0.620. The largest absolute Gasteiger partial charge is 0.387 e. The van der Waals surface area contributed by atoms with Crippen molar-refractivity contribution in [2.75, 3.05) is 14.2 Å². The first-order valence-corrected chi connectivity index (χ1v) is 2.93. The lowest BCUT2D eigenvalue weighted by molar-refractivity contribution is -0.166. The van der Waals surface area contributed by atoms with Crippen molar-refractivity contribution in [1.82, 2.24) is 0 Å². The molecular formula is C6H12O4. The van der Waals surface area contributed by atoms with Gasteiger partial charge in [0.05, 0.1) is 0 Å². The third kappa shape index (κ3) is 2.91. The van der Waals surface area contributed by atoms with Crippen molar-refractivity contribution in [2.24, 2.45) is 0 Å². The number of hydrogen-bond acceptors (Lipinski definition) is 4. The molecule has 0 aliphatic heterocycles. The van der Waals surface area contributed by atoms with Gasteiger partial charge in [0.1, 0.15) is 12.4 Å². The molecule has 1 N–H and O–H groups in total. The molecule has 0 spiro atoms. The van der Waals surface area contributed by atoms with E-state index < -0.39 is 12.4 Å². The molecule has 0 saturated carbocycles. The molecule has 60 valence electrons. The third-order valence-electron chi connectivity index (χ3n) is 1.12. The molecular weight excluding hydrogens is 136 g/mol. The van der Waals surface area contributed by atoms with Crippen LogP contribution in [0.5, 0.6) is 0 Å². The van der Waals surface area contributed by atoms with Gasteiger partial charge in [0.2, 0.25) is 0 Å². The molecule has 0 fully saturated rings. The Kier molecular flexibility index (Phi) is 5.10. The Hall–Kier alpha value is -0.450. The van der Waals surface area contributed by atoms with Gasteiger partial charge in [-0.3, -0.25) is 0 Å². The van der Waals surface area contributed by atoms with Gasteiger partial charge in [-0.25, -0.2) is 0 Å². The van der Waals surface area contributed by atoms with Gasteiger partial charge in [-0.05, 0) is 0 Å². The number of hydrogen-bond donors (Lipinski definition) is 1. The Morgan fingerprint density at radius 3 is 2.30 bits per heavy atom. The highest BCUT2D eigenvalue weighted by Crippen LogP contribution is 2.00. The molecule has 1 atom stereocenters. The van der Waals surface area contributed by atoms with Crippen molar-refractivity contribution >= 4 is 6.29 Å². The summed E-state index contributed by atoms with van der Waals surface area (Å²) in [6, 6.07) is 0. The maximum Gasteiger partial charge on any atom is 0.183 e. The Morgan fingerprint density at radius 2 is 2.00 bits per heavy atom. The van der Waals surface area contributed by atoms with E-state index in [4.69, 9.17) is 5.11 Å². The van der Waals surface area contributed by atoms with E-state index in [9.17, 15) is 4.79 Å². The number of aldehydes is 1. The highest BCUT2D eigenvalue weighted by Gasteiger charge is 2.16. The summed E-state index contributed by atoms with van der Waals surface area (Å²) in [6.07, 6.45) is -0.917. The zero-order valence-corrected chi connectivity index (χ0v) is 6.11. The number of ether oxygens (including phenoxy) is 2. The summed E-state index contributed by atoms with van der Waals surface area (Å²) in [5, 5.41) is 9.03. The zero-order valence-electron chi connectivity index (χ0n) is 6.11. The molecule has 0 bridgehead atoms. The molecule has 0 aliphatic carbocycles. The van der Waals surface area contributed by atoms with Gasteiger partial charge in [-0.1, -0.05) is 0 Å². The quantitative estimate of drug-likeness (QED) is 0.424. The van der Waals surface area contributed by atoms with E-state index in [1.165, 1.54) is 14.2 Å². The summed E-state index contributed by atoms with van der Waals surface area (Å²) >= 11 is 0. The van der Waals surface area contributed by atoms with E-state index in [1.807, 2.05) is 0 Å². The van der Waals surface area contributed by atoms with E-state index in [2.05, 4.69) is 9.47 Å². The monoisotopic (exact) mass is 148 g/mol. The van der Waals surface area contributed by atoms with Gasteiger partial charge in [-0.15, -0.1) is 0 Å². The number of aliphatic hydroxyl groups excluding tert-OH is 1. The Balaban J connectivity index is 3.63. The first kappa shape index (κ1) is 9.55. The van der Waals surface area contributed by atoms with Crippen LogP contribution in [0.2, 0.25) is 0 Å². The molecule has 10 heavy (non-hydrogen) atoms. The van der Waals surface area contributed by atoms with E-state index in [-0.39, 0.29) is 6.42 Å². The average molecular weight is 148 g/mol. The van der Waals surface area contributed by atoms with Crippen molar-refractivity contribution in [3.8, 4) is 0 Å². The maximum atomic E-state index is 9.88. The zero-order chi connectivity index (χ0) is 7.98. The Labute approximate surface area is 59.7 Å². The lowest BCUT2D eigenvalue weighted by Gasteiger charge is -2.17. The molecule has 4 nitrogen and oxygen atoms in total. The van der Waals surface area contributed by atoms with Gasteiger partial charge in [0.15, 0.2) is 6.29 Å². The Bertz CT molecular complexity index is 89.7. The highest BCUT2D eigenvalue weighted by molar-refractivity contribution is 5.50. The van der Waals surface area contributed by atoms with Crippen LogP contribution in [-0.4, -0.2) is 38.0 Å². The normalized spacial score (nSPS) is 13.6. The summed E-state index contributed by atoms with van der Waals surface area (Å²) in [4.78, 5) is 9.88. The van der Waals surface area contributed by atoms with Gasteiger partial charge in [0, 0.05) is 20.6 Å². The predicted octanol–water partition coefficient (Wildman–Crippen LogP) is -0.445. The van der Waals surface area contributed by atoms with Crippen LogP contribution in [0.3, 0.4) is 0 Å². The van der Waals surface area contributed by atoms with Gasteiger partial charge in [-0.2, -0.15) is 0 Å². The van der Waals surface area contributed by atoms with Crippen molar-refractivity contribution in [1.29, 1.82) is 0 Å². The highest BCUT2D eigenvalue weighted by atomic mass is 16.7. The van der Waals surface area contributed by atoms with Crippen molar-refractivity contribution in [3.63, 3.8) is 0 Å². The molecule has 0 radical (unpaired) electrons. The second-order valence-electron chi connectivity index (χ2n) is 1.81. The lowest BCUT2D eigenvalue weighted by Crippen LogP contribution is -2.29. The first-order chi connectivity index (χ1) is 4.76. The molecule has 0 saturated heterocycles. The van der Waals surface area contributed by atoms with Crippen LogP contribution in [-0.2, 0) is 14.3 Å². The minimum absolute atomic E-state index is 0.0341. The topological polar surface area (TPSA) is 55.8 Å². The number of rotatable bonds is 5. The second-order valence-corrected chi connectivity index (χ2v) is 1.81. The van der Waals surface area contributed by atoms with Gasteiger partial charge in [0.25, 0.3) is 0 Å². The summed E-state index contributed by atoms with van der Waals surface area (Å²) in [7, 11) is 2.81. The molecule has 0 aromatic carbocycles. The van der Waals surface area contributed by atoms with E-state index in [1.54, 1.807) is 0 Å². The van der Waals surface area contributed by atoms with E-state index in [0.717, 1.165) is 0 Å². The van der Waals surface area contributed by atoms with Crippen molar-refractivity contribution in [2.45, 2.75) is 18.8 Å². The SMILES string of the molecule is COC(OC)[C@@H](O)CC=O. The van der Waals surface area contributed by atoms with Crippen LogP contribution in [0.15, 0.2) is 0 Å². The molecule has 0 heterocycles. The summed E-state index contributed by atoms with van der Waals surface area (Å²) < 4.78 is 9.37. The third-order valence-corrected chi connectivity index (χ3v) is 1.12. The van der Waals surface area contributed by atoms with Crippen molar-refractivity contribution < 1.29 is 19.4 Å². The second kappa shape index (κ2) is 5.34. The van der Waals surface area contributed by atoms with Gasteiger partial charge >= 0.3 is 0 Å². The molecule has 0 aromatic heterocycles. The fraction of sp³-hybridized carbons (Fsp3) is 0.833. The average Bonchev–Trinajstić information content (AvgIpc) is 1.91. The number of carbonyl (C=O) groups is 1.